The van der Waals surface area contributed by atoms with Crippen molar-refractivity contribution < 1.29 is 14.3 Å². The highest BCUT2D eigenvalue weighted by molar-refractivity contribution is 5.43. The first-order chi connectivity index (χ1) is 8.22. The molecule has 1 heterocycles. The number of nitrogens with two attached hydrogens (primary N) is 1. The van der Waals surface area contributed by atoms with Gasteiger partial charge in [0.05, 0.1) is 13.7 Å². The third-order valence-electron chi connectivity index (χ3n) is 2.80. The maximum Gasteiger partial charge on any atom is 0.161 e. The molecule has 0 atom stereocenters. The maximum absolute atomic E-state index is 5.84. The minimum atomic E-state index is 0.255. The summed E-state index contributed by atoms with van der Waals surface area (Å²) in [5.41, 5.74) is 0.961. The first-order valence-electron chi connectivity index (χ1n) is 5.56. The highest BCUT2D eigenvalue weighted by Gasteiger charge is 2.25. The van der Waals surface area contributed by atoms with Crippen LogP contribution in [0.4, 0.5) is 0 Å². The van der Waals surface area contributed by atoms with Crippen molar-refractivity contribution in [2.45, 2.75) is 12.7 Å². The molecule has 1 aliphatic heterocycles. The van der Waals surface area contributed by atoms with Crippen LogP contribution in [0, 0.1) is 0 Å². The Kier molecular flexibility index (Phi) is 3.83. The Bertz CT molecular complexity index is 378. The van der Waals surface area contributed by atoms with E-state index in [-0.39, 0.29) is 6.10 Å². The lowest BCUT2D eigenvalue weighted by atomic mass is 10.1. The minimum Gasteiger partial charge on any atom is -0.493 e. The highest BCUT2D eigenvalue weighted by Crippen LogP contribution is 2.30. The average Bonchev–Trinajstić information content (AvgIpc) is 2.29. The monoisotopic (exact) mass is 238 g/mol. The van der Waals surface area contributed by atoms with Gasteiger partial charge in [-0.25, -0.2) is 5.90 Å². The van der Waals surface area contributed by atoms with Gasteiger partial charge in [-0.2, -0.15) is 0 Å². The van der Waals surface area contributed by atoms with Gasteiger partial charge in [-0.1, -0.05) is 6.07 Å². The summed E-state index contributed by atoms with van der Waals surface area (Å²) in [5, 5.41) is 0. The molecule has 0 aromatic heterocycles. The number of nitrogens with zero attached hydrogens (tertiary/aromatic N) is 1. The molecule has 0 aliphatic carbocycles. The molecule has 0 unspecified atom stereocenters. The fourth-order valence-electron chi connectivity index (χ4n) is 1.89. The van der Waals surface area contributed by atoms with Gasteiger partial charge in [-0.15, -0.1) is 0 Å². The van der Waals surface area contributed by atoms with Crippen LogP contribution in [-0.2, 0) is 11.4 Å². The number of benzene rings is 1. The lowest BCUT2D eigenvalue weighted by Crippen LogP contribution is -2.51. The molecule has 17 heavy (non-hydrogen) atoms. The van der Waals surface area contributed by atoms with Crippen LogP contribution >= 0.6 is 0 Å². The van der Waals surface area contributed by atoms with Gasteiger partial charge in [-0.3, -0.25) is 9.74 Å². The van der Waals surface area contributed by atoms with E-state index in [4.69, 9.17) is 15.4 Å². The first-order valence-corrected chi connectivity index (χ1v) is 5.56. The number of hydrogen-bond acceptors (Lipinski definition) is 5. The van der Waals surface area contributed by atoms with Crippen molar-refractivity contribution in [3.8, 4) is 11.5 Å². The van der Waals surface area contributed by atoms with E-state index < -0.39 is 0 Å². The highest BCUT2D eigenvalue weighted by atomic mass is 16.6. The Hall–Kier alpha value is -1.30. The molecule has 0 amide bonds. The van der Waals surface area contributed by atoms with Crippen LogP contribution < -0.4 is 15.4 Å². The van der Waals surface area contributed by atoms with Crippen molar-refractivity contribution >= 4 is 0 Å². The van der Waals surface area contributed by atoms with Crippen LogP contribution in [0.5, 0.6) is 11.5 Å². The summed E-state index contributed by atoms with van der Waals surface area (Å²) in [6.45, 7) is 2.27. The number of rotatable bonds is 5. The minimum absolute atomic E-state index is 0.255. The van der Waals surface area contributed by atoms with Crippen molar-refractivity contribution in [2.75, 3.05) is 27.2 Å². The SMILES string of the molecule is COc1cc(CON)ccc1OC1CN(C)C1. The Morgan fingerprint density at radius 1 is 1.35 bits per heavy atom. The number of ether oxygens (including phenoxy) is 2. The number of likely N-dealkylation sites (tertiary alicyclic amines) is 1. The Balaban J connectivity index is 2.05. The molecule has 5 heteroatoms. The Morgan fingerprint density at radius 2 is 2.12 bits per heavy atom. The maximum atomic E-state index is 5.84. The molecule has 0 radical (unpaired) electrons. The summed E-state index contributed by atoms with van der Waals surface area (Å²) in [5.74, 6) is 6.53. The van der Waals surface area contributed by atoms with Gasteiger partial charge in [0, 0.05) is 13.1 Å². The fraction of sp³-hybridized carbons (Fsp3) is 0.500. The van der Waals surface area contributed by atoms with Gasteiger partial charge in [0.15, 0.2) is 11.5 Å². The standard InChI is InChI=1S/C12H18N2O3/c1-14-6-10(7-14)17-11-4-3-9(8-16-13)5-12(11)15-2/h3-5,10H,6-8,13H2,1-2H3. The number of methoxy groups -OCH3 is 1. The Labute approximate surface area is 101 Å². The van der Waals surface area contributed by atoms with Crippen LogP contribution in [0.15, 0.2) is 18.2 Å². The van der Waals surface area contributed by atoms with Gasteiger partial charge < -0.3 is 9.47 Å². The smallest absolute Gasteiger partial charge is 0.161 e. The van der Waals surface area contributed by atoms with E-state index in [0.717, 1.165) is 24.4 Å². The van der Waals surface area contributed by atoms with Crippen LogP contribution in [0.25, 0.3) is 0 Å². The summed E-state index contributed by atoms with van der Waals surface area (Å²) < 4.78 is 11.1. The van der Waals surface area contributed by atoms with Gasteiger partial charge in [0.25, 0.3) is 0 Å². The summed E-state index contributed by atoms with van der Waals surface area (Å²) in [4.78, 5) is 6.79. The summed E-state index contributed by atoms with van der Waals surface area (Å²) >= 11 is 0. The Morgan fingerprint density at radius 3 is 2.71 bits per heavy atom. The zero-order chi connectivity index (χ0) is 12.3. The zero-order valence-electron chi connectivity index (χ0n) is 10.2. The van der Waals surface area contributed by atoms with Crippen LogP contribution in [0.1, 0.15) is 5.56 Å². The largest absolute Gasteiger partial charge is 0.493 e. The molecule has 0 bridgehead atoms. The fourth-order valence-corrected chi connectivity index (χ4v) is 1.89. The van der Waals surface area contributed by atoms with Gasteiger partial charge in [0.2, 0.25) is 0 Å². The molecule has 0 saturated carbocycles. The van der Waals surface area contributed by atoms with E-state index >= 15 is 0 Å². The normalized spacial score (nSPS) is 16.6. The lowest BCUT2D eigenvalue weighted by Gasteiger charge is -2.36. The summed E-state index contributed by atoms with van der Waals surface area (Å²) in [6.07, 6.45) is 0.255. The van der Waals surface area contributed by atoms with Crippen LogP contribution in [0.2, 0.25) is 0 Å². The number of hydrogen-bond donors (Lipinski definition) is 1. The third-order valence-corrected chi connectivity index (χ3v) is 2.80. The molecule has 1 fully saturated rings. The van der Waals surface area contributed by atoms with Crippen molar-refractivity contribution in [3.63, 3.8) is 0 Å². The van der Waals surface area contributed by atoms with Crippen LogP contribution in [0.3, 0.4) is 0 Å². The molecular weight excluding hydrogens is 220 g/mol. The van der Waals surface area contributed by atoms with E-state index in [0.29, 0.717) is 12.4 Å². The average molecular weight is 238 g/mol. The topological polar surface area (TPSA) is 57.0 Å². The molecule has 2 rings (SSSR count). The number of likely N-dealkylation sites (N-methyl/N-ethyl adjacent to an activating group) is 1. The molecule has 1 aromatic carbocycles. The predicted molar refractivity (Wildman–Crippen MR) is 63.9 cm³/mol. The summed E-state index contributed by atoms with van der Waals surface area (Å²) in [6, 6.07) is 5.70. The van der Waals surface area contributed by atoms with E-state index in [1.54, 1.807) is 7.11 Å². The molecule has 1 aliphatic rings. The molecule has 2 N–H and O–H groups in total. The molecule has 94 valence electrons. The first kappa shape index (κ1) is 12.2. The van der Waals surface area contributed by atoms with Crippen molar-refractivity contribution in [2.24, 2.45) is 5.90 Å². The van der Waals surface area contributed by atoms with E-state index in [2.05, 4.69) is 16.8 Å². The molecule has 5 nitrogen and oxygen atoms in total. The van der Waals surface area contributed by atoms with Crippen LogP contribution in [-0.4, -0.2) is 38.3 Å². The van der Waals surface area contributed by atoms with E-state index in [1.807, 2.05) is 18.2 Å². The molecular formula is C12H18N2O3. The van der Waals surface area contributed by atoms with Gasteiger partial charge in [-0.05, 0) is 24.7 Å². The second-order valence-corrected chi connectivity index (χ2v) is 4.26. The van der Waals surface area contributed by atoms with Crippen molar-refractivity contribution in [3.05, 3.63) is 23.8 Å². The van der Waals surface area contributed by atoms with E-state index in [9.17, 15) is 0 Å². The predicted octanol–water partition coefficient (Wildman–Crippen LogP) is 0.778. The van der Waals surface area contributed by atoms with Gasteiger partial charge in [0.1, 0.15) is 6.10 Å². The zero-order valence-corrected chi connectivity index (χ0v) is 10.2. The van der Waals surface area contributed by atoms with Crippen molar-refractivity contribution in [1.29, 1.82) is 0 Å². The summed E-state index contributed by atoms with van der Waals surface area (Å²) in [7, 11) is 3.70. The van der Waals surface area contributed by atoms with E-state index in [1.165, 1.54) is 0 Å². The molecule has 1 aromatic rings. The lowest BCUT2D eigenvalue weighted by molar-refractivity contribution is 0.0369. The van der Waals surface area contributed by atoms with Crippen molar-refractivity contribution in [1.82, 2.24) is 4.90 Å². The second kappa shape index (κ2) is 5.35. The van der Waals surface area contributed by atoms with Gasteiger partial charge >= 0.3 is 0 Å². The third kappa shape index (κ3) is 2.88. The second-order valence-electron chi connectivity index (χ2n) is 4.26. The quantitative estimate of drug-likeness (QED) is 0.768. The molecule has 0 spiro atoms. The molecule has 1 saturated heterocycles.